The maximum Gasteiger partial charge on any atom is 0.303 e. The van der Waals surface area contributed by atoms with Crippen LogP contribution in [0.4, 0.5) is 5.69 Å². The van der Waals surface area contributed by atoms with E-state index in [9.17, 15) is 18.0 Å². The maximum absolute atomic E-state index is 13.3. The van der Waals surface area contributed by atoms with Crippen LogP contribution in [0.2, 0.25) is 0 Å². The van der Waals surface area contributed by atoms with E-state index in [1.165, 1.54) is 6.92 Å². The third-order valence-corrected chi connectivity index (χ3v) is 8.28. The molecule has 2 fully saturated rings. The lowest BCUT2D eigenvalue weighted by Crippen LogP contribution is -2.55. The van der Waals surface area contributed by atoms with Gasteiger partial charge in [-0.05, 0) is 38.6 Å². The number of rotatable bonds is 7. The molecule has 0 atom stereocenters. The number of nitrogens with zero attached hydrogens (tertiary/aromatic N) is 4. The highest BCUT2D eigenvalue weighted by molar-refractivity contribution is 7.89. The molecule has 0 spiro atoms. The molecule has 0 radical (unpaired) electrons. The number of carbonyl (C=O) groups is 2. The molecule has 1 aromatic carbocycles. The standard InChI is InChI=1S/C23H36N4O6S/c1-6-24-9-15-27(16-10-24)34(30,31)19-7-8-21(32-5)20(17-19)25-11-13-26(14-12-25)22(29)23(3,4)33-18(2)28/h7-8,17H,6,9-16H2,1-5H3. The number of likely N-dealkylation sites (N-methyl/N-ethyl adjacent to an activating group) is 1. The second kappa shape index (κ2) is 10.5. The van der Waals surface area contributed by atoms with Crippen molar-refractivity contribution in [3.63, 3.8) is 0 Å². The predicted octanol–water partition coefficient (Wildman–Crippen LogP) is 1.01. The van der Waals surface area contributed by atoms with Crippen LogP contribution in [0, 0.1) is 0 Å². The molecule has 0 aromatic heterocycles. The van der Waals surface area contributed by atoms with Gasteiger partial charge in [-0.25, -0.2) is 8.42 Å². The molecule has 1 amide bonds. The van der Waals surface area contributed by atoms with Crippen LogP contribution < -0.4 is 9.64 Å². The second-order valence-electron chi connectivity index (χ2n) is 9.06. The average Bonchev–Trinajstić information content (AvgIpc) is 2.82. The van der Waals surface area contributed by atoms with E-state index in [-0.39, 0.29) is 10.8 Å². The van der Waals surface area contributed by atoms with Crippen molar-refractivity contribution >= 4 is 27.6 Å². The van der Waals surface area contributed by atoms with Gasteiger partial charge in [0, 0.05) is 59.3 Å². The summed E-state index contributed by atoms with van der Waals surface area (Å²) in [5, 5.41) is 0. The van der Waals surface area contributed by atoms with Gasteiger partial charge in [0.05, 0.1) is 17.7 Å². The Morgan fingerprint density at radius 3 is 2.15 bits per heavy atom. The second-order valence-corrected chi connectivity index (χ2v) is 11.0. The van der Waals surface area contributed by atoms with Crippen molar-refractivity contribution in [2.45, 2.75) is 38.2 Å². The number of hydrogen-bond acceptors (Lipinski definition) is 8. The van der Waals surface area contributed by atoms with Crippen LogP contribution in [0.3, 0.4) is 0 Å². The SMILES string of the molecule is CCN1CCN(S(=O)(=O)c2ccc(OC)c(N3CCN(C(=O)C(C)(C)OC(C)=O)CC3)c2)CC1. The number of methoxy groups -OCH3 is 1. The van der Waals surface area contributed by atoms with Gasteiger partial charge in [-0.2, -0.15) is 4.31 Å². The number of hydrogen-bond donors (Lipinski definition) is 0. The summed E-state index contributed by atoms with van der Waals surface area (Å²) in [6.07, 6.45) is 0. The fraction of sp³-hybridized carbons (Fsp3) is 0.652. The summed E-state index contributed by atoms with van der Waals surface area (Å²) in [5.41, 5.74) is -0.552. The van der Waals surface area contributed by atoms with Crippen molar-refractivity contribution in [2.24, 2.45) is 0 Å². The summed E-state index contributed by atoms with van der Waals surface area (Å²) in [4.78, 5) is 30.3. The van der Waals surface area contributed by atoms with Gasteiger partial charge < -0.3 is 24.2 Å². The van der Waals surface area contributed by atoms with Crippen LogP contribution in [0.25, 0.3) is 0 Å². The highest BCUT2D eigenvalue weighted by Gasteiger charge is 2.37. The summed E-state index contributed by atoms with van der Waals surface area (Å²) in [5.74, 6) is -0.178. The van der Waals surface area contributed by atoms with Gasteiger partial charge in [0.25, 0.3) is 5.91 Å². The van der Waals surface area contributed by atoms with Crippen LogP contribution >= 0.6 is 0 Å². The Hall–Kier alpha value is -2.37. The summed E-state index contributed by atoms with van der Waals surface area (Å²) < 4.78 is 38.9. The fourth-order valence-electron chi connectivity index (χ4n) is 4.45. The smallest absolute Gasteiger partial charge is 0.303 e. The Bertz CT molecular complexity index is 997. The number of amides is 1. The van der Waals surface area contributed by atoms with Crippen LogP contribution in [0.15, 0.2) is 23.1 Å². The molecule has 34 heavy (non-hydrogen) atoms. The van der Waals surface area contributed by atoms with Gasteiger partial charge in [0.1, 0.15) is 5.75 Å². The van der Waals surface area contributed by atoms with Crippen LogP contribution in [0.5, 0.6) is 5.75 Å². The molecule has 2 aliphatic rings. The minimum atomic E-state index is -3.62. The Kier molecular flexibility index (Phi) is 8.10. The van der Waals surface area contributed by atoms with Crippen molar-refractivity contribution in [1.29, 1.82) is 0 Å². The van der Waals surface area contributed by atoms with E-state index in [0.717, 1.165) is 19.6 Å². The van der Waals surface area contributed by atoms with Crippen molar-refractivity contribution < 1.29 is 27.5 Å². The normalized spacial score (nSPS) is 18.6. The van der Waals surface area contributed by atoms with E-state index in [1.807, 2.05) is 4.90 Å². The first kappa shape index (κ1) is 26.2. The van der Waals surface area contributed by atoms with E-state index >= 15 is 0 Å². The molecule has 0 saturated carbocycles. The maximum atomic E-state index is 13.3. The largest absolute Gasteiger partial charge is 0.495 e. The number of esters is 1. The Labute approximate surface area is 202 Å². The molecule has 11 heteroatoms. The summed E-state index contributed by atoms with van der Waals surface area (Å²) in [6, 6.07) is 4.94. The molecule has 2 saturated heterocycles. The van der Waals surface area contributed by atoms with Crippen molar-refractivity contribution in [3.8, 4) is 5.75 Å². The summed E-state index contributed by atoms with van der Waals surface area (Å²) in [6.45, 7) is 11.6. The lowest BCUT2D eigenvalue weighted by Gasteiger charge is -2.39. The van der Waals surface area contributed by atoms with Crippen molar-refractivity contribution in [3.05, 3.63) is 18.2 Å². The molecule has 10 nitrogen and oxygen atoms in total. The first-order chi connectivity index (χ1) is 16.0. The lowest BCUT2D eigenvalue weighted by molar-refractivity contribution is -0.168. The zero-order valence-corrected chi connectivity index (χ0v) is 21.6. The molecule has 0 aliphatic carbocycles. The van der Waals surface area contributed by atoms with E-state index in [4.69, 9.17) is 9.47 Å². The van der Waals surface area contributed by atoms with Gasteiger partial charge in [-0.15, -0.1) is 0 Å². The number of anilines is 1. The third kappa shape index (κ3) is 5.64. The van der Waals surface area contributed by atoms with Gasteiger partial charge in [0.2, 0.25) is 10.0 Å². The van der Waals surface area contributed by atoms with Crippen molar-refractivity contribution in [1.82, 2.24) is 14.1 Å². The number of sulfonamides is 1. The van der Waals surface area contributed by atoms with Gasteiger partial charge in [-0.1, -0.05) is 6.92 Å². The van der Waals surface area contributed by atoms with Gasteiger partial charge in [0.15, 0.2) is 5.60 Å². The monoisotopic (exact) mass is 496 g/mol. The summed E-state index contributed by atoms with van der Waals surface area (Å²) >= 11 is 0. The topological polar surface area (TPSA) is 99.7 Å². The Morgan fingerprint density at radius 2 is 1.62 bits per heavy atom. The Balaban J connectivity index is 1.75. The zero-order chi connectivity index (χ0) is 25.1. The molecule has 1 aromatic rings. The highest BCUT2D eigenvalue weighted by Crippen LogP contribution is 2.33. The molecule has 3 rings (SSSR count). The van der Waals surface area contributed by atoms with Crippen LogP contribution in [-0.2, 0) is 24.3 Å². The Morgan fingerprint density at radius 1 is 1.00 bits per heavy atom. The first-order valence-electron chi connectivity index (χ1n) is 11.6. The molecule has 2 aliphatic heterocycles. The molecule has 2 heterocycles. The van der Waals surface area contributed by atoms with Crippen molar-refractivity contribution in [2.75, 3.05) is 70.9 Å². The molecular weight excluding hydrogens is 460 g/mol. The third-order valence-electron chi connectivity index (χ3n) is 6.39. The fourth-order valence-corrected chi connectivity index (χ4v) is 5.89. The zero-order valence-electron chi connectivity index (χ0n) is 20.7. The van der Waals surface area contributed by atoms with Gasteiger partial charge in [-0.3, -0.25) is 9.59 Å². The lowest BCUT2D eigenvalue weighted by atomic mass is 10.1. The van der Waals surface area contributed by atoms with E-state index < -0.39 is 21.6 Å². The number of carbonyl (C=O) groups excluding carboxylic acids is 2. The molecule has 0 bridgehead atoms. The average molecular weight is 497 g/mol. The molecule has 0 N–H and O–H groups in total. The minimum Gasteiger partial charge on any atom is -0.495 e. The van der Waals surface area contributed by atoms with Crippen LogP contribution in [-0.4, -0.2) is 106 Å². The summed E-state index contributed by atoms with van der Waals surface area (Å²) in [7, 11) is -2.07. The molecule has 190 valence electrons. The number of ether oxygens (including phenoxy) is 2. The van der Waals surface area contributed by atoms with Gasteiger partial charge >= 0.3 is 5.97 Å². The highest BCUT2D eigenvalue weighted by atomic mass is 32.2. The molecular formula is C23H36N4O6S. The van der Waals surface area contributed by atoms with E-state index in [0.29, 0.717) is 50.7 Å². The first-order valence-corrected chi connectivity index (χ1v) is 13.1. The van der Waals surface area contributed by atoms with E-state index in [2.05, 4.69) is 11.8 Å². The molecule has 0 unspecified atom stereocenters. The number of benzene rings is 1. The predicted molar refractivity (Wildman–Crippen MR) is 129 cm³/mol. The van der Waals surface area contributed by atoms with Crippen LogP contribution in [0.1, 0.15) is 27.7 Å². The quantitative estimate of drug-likeness (QED) is 0.516. The minimum absolute atomic E-state index is 0.239. The number of piperazine rings is 2. The van der Waals surface area contributed by atoms with E-state index in [1.54, 1.807) is 48.4 Å².